The third kappa shape index (κ3) is 5.04. The van der Waals surface area contributed by atoms with Crippen molar-refractivity contribution < 1.29 is 26.4 Å². The largest absolute Gasteiger partial charge is 0.417 e. The van der Waals surface area contributed by atoms with Crippen molar-refractivity contribution in [3.8, 4) is 0 Å². The van der Waals surface area contributed by atoms with E-state index in [1.807, 2.05) is 0 Å². The molecule has 1 aromatic heterocycles. The molecule has 2 heterocycles. The summed E-state index contributed by atoms with van der Waals surface area (Å²) < 4.78 is 67.7. The second-order valence-corrected chi connectivity index (χ2v) is 9.64. The number of nitrogens with one attached hydrogen (secondary N) is 1. The molecule has 0 atom stereocenters. The van der Waals surface area contributed by atoms with Crippen molar-refractivity contribution >= 4 is 33.2 Å². The Hall–Kier alpha value is -2.11. The second kappa shape index (κ2) is 8.79. The Morgan fingerprint density at radius 2 is 1.84 bits per heavy atom. The van der Waals surface area contributed by atoms with Crippen LogP contribution in [-0.4, -0.2) is 41.5 Å². The summed E-state index contributed by atoms with van der Waals surface area (Å²) in [5.41, 5.74) is -0.579. The summed E-state index contributed by atoms with van der Waals surface area (Å²) in [7, 11) is -3.75. The topological polar surface area (TPSA) is 84.3 Å². The molecule has 170 valence electrons. The standard InChI is InChI=1S/C19H22ClF3N4O3S/c1-12-18(31(29,30)26-8-4-3-5-9-26)13(2)27(25-12)11-17(28)24-14-6-7-16(20)15(10-14)19(21,22)23/h6-7,10H,3-5,8-9,11H2,1-2H3,(H,24,28). The van der Waals surface area contributed by atoms with Crippen molar-refractivity contribution in [3.05, 3.63) is 40.2 Å². The van der Waals surface area contributed by atoms with E-state index in [1.165, 1.54) is 15.1 Å². The maximum atomic E-state index is 13.0. The van der Waals surface area contributed by atoms with Gasteiger partial charge in [0, 0.05) is 18.8 Å². The first-order valence-electron chi connectivity index (χ1n) is 9.62. The summed E-state index contributed by atoms with van der Waals surface area (Å²) in [6, 6.07) is 3.04. The highest BCUT2D eigenvalue weighted by Gasteiger charge is 2.34. The molecular weight excluding hydrogens is 457 g/mol. The van der Waals surface area contributed by atoms with Crippen LogP contribution < -0.4 is 5.32 Å². The van der Waals surface area contributed by atoms with Crippen LogP contribution in [-0.2, 0) is 27.5 Å². The molecule has 1 saturated heterocycles. The summed E-state index contributed by atoms with van der Waals surface area (Å²) in [5, 5.41) is 6.07. The van der Waals surface area contributed by atoms with Crippen LogP contribution in [0, 0.1) is 13.8 Å². The van der Waals surface area contributed by atoms with Gasteiger partial charge in [0.2, 0.25) is 15.9 Å². The van der Waals surface area contributed by atoms with Crippen LogP contribution in [0.15, 0.2) is 23.1 Å². The van der Waals surface area contributed by atoms with Crippen molar-refractivity contribution in [2.75, 3.05) is 18.4 Å². The van der Waals surface area contributed by atoms with Crippen LogP contribution in [0.5, 0.6) is 0 Å². The fourth-order valence-electron chi connectivity index (χ4n) is 3.60. The van der Waals surface area contributed by atoms with E-state index in [4.69, 9.17) is 11.6 Å². The van der Waals surface area contributed by atoms with E-state index >= 15 is 0 Å². The summed E-state index contributed by atoms with van der Waals surface area (Å²) in [4.78, 5) is 12.5. The molecule has 2 aromatic rings. The quantitative estimate of drug-likeness (QED) is 0.704. The average molecular weight is 479 g/mol. The molecule has 1 aliphatic heterocycles. The number of carbonyl (C=O) groups excluding carboxylic acids is 1. The van der Waals surface area contributed by atoms with E-state index in [1.54, 1.807) is 13.8 Å². The lowest BCUT2D eigenvalue weighted by molar-refractivity contribution is -0.137. The number of hydrogen-bond donors (Lipinski definition) is 1. The number of alkyl halides is 3. The van der Waals surface area contributed by atoms with Gasteiger partial charge in [0.1, 0.15) is 11.4 Å². The number of sulfonamides is 1. The number of halogens is 4. The zero-order valence-electron chi connectivity index (χ0n) is 17.0. The summed E-state index contributed by atoms with van der Waals surface area (Å²) in [5.74, 6) is -0.650. The molecule has 7 nitrogen and oxygen atoms in total. The van der Waals surface area contributed by atoms with Crippen molar-refractivity contribution in [1.29, 1.82) is 0 Å². The van der Waals surface area contributed by atoms with Crippen LogP contribution in [0.25, 0.3) is 0 Å². The summed E-state index contributed by atoms with van der Waals surface area (Å²) in [6.07, 6.45) is -2.11. The van der Waals surface area contributed by atoms with Gasteiger partial charge in [-0.3, -0.25) is 9.48 Å². The van der Waals surface area contributed by atoms with Gasteiger partial charge in [-0.2, -0.15) is 22.6 Å². The van der Waals surface area contributed by atoms with Gasteiger partial charge in [-0.15, -0.1) is 0 Å². The predicted octanol–water partition coefficient (Wildman–Crippen LogP) is 3.99. The van der Waals surface area contributed by atoms with Gasteiger partial charge < -0.3 is 5.32 Å². The van der Waals surface area contributed by atoms with Crippen molar-refractivity contribution in [2.24, 2.45) is 0 Å². The van der Waals surface area contributed by atoms with Crippen LogP contribution in [0.2, 0.25) is 5.02 Å². The van der Waals surface area contributed by atoms with Crippen LogP contribution in [0.1, 0.15) is 36.2 Å². The molecule has 0 bridgehead atoms. The lowest BCUT2D eigenvalue weighted by Gasteiger charge is -2.25. The van der Waals surface area contributed by atoms with E-state index in [0.29, 0.717) is 18.8 Å². The lowest BCUT2D eigenvalue weighted by Crippen LogP contribution is -2.36. The van der Waals surface area contributed by atoms with Crippen molar-refractivity contribution in [1.82, 2.24) is 14.1 Å². The van der Waals surface area contributed by atoms with Gasteiger partial charge >= 0.3 is 6.18 Å². The van der Waals surface area contributed by atoms with Gasteiger partial charge in [0.05, 0.1) is 22.0 Å². The first-order chi connectivity index (χ1) is 14.4. The van der Waals surface area contributed by atoms with Crippen LogP contribution in [0.3, 0.4) is 0 Å². The van der Waals surface area contributed by atoms with Gasteiger partial charge in [0.15, 0.2) is 0 Å². The summed E-state index contributed by atoms with van der Waals surface area (Å²) in [6.45, 7) is 3.61. The van der Waals surface area contributed by atoms with Crippen molar-refractivity contribution in [2.45, 2.75) is 50.7 Å². The number of aryl methyl sites for hydroxylation is 1. The van der Waals surface area contributed by atoms with Crippen LogP contribution in [0.4, 0.5) is 18.9 Å². The molecular formula is C19H22ClF3N4O3S. The average Bonchev–Trinajstić information content (AvgIpc) is 2.96. The predicted molar refractivity (Wildman–Crippen MR) is 109 cm³/mol. The van der Waals surface area contributed by atoms with Crippen molar-refractivity contribution in [3.63, 3.8) is 0 Å². The smallest absolute Gasteiger partial charge is 0.324 e. The normalized spacial score (nSPS) is 15.8. The number of nitrogens with zero attached hydrogens (tertiary/aromatic N) is 3. The molecule has 1 amide bonds. The number of rotatable bonds is 5. The maximum absolute atomic E-state index is 13.0. The van der Waals surface area contributed by atoms with E-state index in [0.717, 1.165) is 31.4 Å². The first kappa shape index (κ1) is 23.6. The van der Waals surface area contributed by atoms with E-state index in [2.05, 4.69) is 10.4 Å². The van der Waals surface area contributed by atoms with E-state index < -0.39 is 32.7 Å². The zero-order chi connectivity index (χ0) is 23.0. The number of carbonyl (C=O) groups is 1. The second-order valence-electron chi connectivity index (χ2n) is 7.36. The minimum atomic E-state index is -4.66. The molecule has 0 spiro atoms. The molecule has 12 heteroatoms. The van der Waals surface area contributed by atoms with Gasteiger partial charge in [-0.25, -0.2) is 8.42 Å². The fraction of sp³-hybridized carbons (Fsp3) is 0.474. The molecule has 1 N–H and O–H groups in total. The van der Waals surface area contributed by atoms with Gasteiger partial charge in [0.25, 0.3) is 0 Å². The first-order valence-corrected chi connectivity index (χ1v) is 11.4. The molecule has 0 aliphatic carbocycles. The molecule has 31 heavy (non-hydrogen) atoms. The highest BCUT2D eigenvalue weighted by molar-refractivity contribution is 7.89. The maximum Gasteiger partial charge on any atom is 0.417 e. The Labute approximate surface area is 183 Å². The number of aromatic nitrogens is 2. The Kier molecular flexibility index (Phi) is 6.68. The molecule has 0 radical (unpaired) electrons. The Balaban J connectivity index is 1.80. The third-order valence-corrected chi connectivity index (χ3v) is 7.56. The Bertz CT molecular complexity index is 1090. The van der Waals surface area contributed by atoms with Crippen LogP contribution >= 0.6 is 11.6 Å². The number of piperidine rings is 1. The molecule has 3 rings (SSSR count). The SMILES string of the molecule is Cc1nn(CC(=O)Nc2ccc(Cl)c(C(F)(F)F)c2)c(C)c1S(=O)(=O)N1CCCCC1. The van der Waals surface area contributed by atoms with E-state index in [9.17, 15) is 26.4 Å². The van der Waals surface area contributed by atoms with Gasteiger partial charge in [-0.1, -0.05) is 18.0 Å². The molecule has 1 fully saturated rings. The Morgan fingerprint density at radius 1 is 1.19 bits per heavy atom. The van der Waals surface area contributed by atoms with Gasteiger partial charge in [-0.05, 0) is 44.9 Å². The number of amides is 1. The minimum Gasteiger partial charge on any atom is -0.324 e. The molecule has 1 aromatic carbocycles. The molecule has 0 unspecified atom stereocenters. The third-order valence-electron chi connectivity index (χ3n) is 5.08. The lowest BCUT2D eigenvalue weighted by atomic mass is 10.2. The number of benzene rings is 1. The highest BCUT2D eigenvalue weighted by Crippen LogP contribution is 2.36. The fourth-order valence-corrected chi connectivity index (χ4v) is 5.71. The number of hydrogen-bond acceptors (Lipinski definition) is 4. The van der Waals surface area contributed by atoms with E-state index in [-0.39, 0.29) is 22.8 Å². The summed E-state index contributed by atoms with van der Waals surface area (Å²) >= 11 is 5.59. The zero-order valence-corrected chi connectivity index (χ0v) is 18.5. The molecule has 1 aliphatic rings. The monoisotopic (exact) mass is 478 g/mol. The number of anilines is 1. The Morgan fingerprint density at radius 3 is 2.45 bits per heavy atom. The minimum absolute atomic E-state index is 0.0630. The molecule has 0 saturated carbocycles. The highest BCUT2D eigenvalue weighted by atomic mass is 35.5.